The quantitative estimate of drug-likeness (QED) is 0.650. The highest BCUT2D eigenvalue weighted by Gasteiger charge is 2.07. The van der Waals surface area contributed by atoms with Crippen LogP contribution in [0.5, 0.6) is 5.75 Å². The lowest BCUT2D eigenvalue weighted by Gasteiger charge is -2.08. The number of nitrogens with one attached hydrogen (secondary N) is 1. The molecule has 0 saturated carbocycles. The van der Waals surface area contributed by atoms with Crippen LogP contribution in [0.2, 0.25) is 0 Å². The summed E-state index contributed by atoms with van der Waals surface area (Å²) in [7, 11) is 1.61. The first kappa shape index (κ1) is 16.4. The van der Waals surface area contributed by atoms with Crippen molar-refractivity contribution in [3.05, 3.63) is 59.2 Å². The third kappa shape index (κ3) is 4.53. The first-order chi connectivity index (χ1) is 10.6. The van der Waals surface area contributed by atoms with Crippen molar-refractivity contribution in [1.29, 1.82) is 0 Å². The van der Waals surface area contributed by atoms with Gasteiger partial charge in [0.05, 0.1) is 7.11 Å². The van der Waals surface area contributed by atoms with E-state index in [4.69, 9.17) is 4.74 Å². The lowest BCUT2D eigenvalue weighted by Crippen LogP contribution is -2.25. The maximum Gasteiger partial charge on any atom is 0.251 e. The molecule has 0 fully saturated rings. The van der Waals surface area contributed by atoms with Crippen LogP contribution < -0.4 is 10.1 Å². The number of carbonyl (C=O) groups is 1. The first-order valence-electron chi connectivity index (χ1n) is 7.22. The van der Waals surface area contributed by atoms with Gasteiger partial charge < -0.3 is 10.1 Å². The number of aryl methyl sites for hydroxylation is 2. The number of amides is 1. The average Bonchev–Trinajstić information content (AvgIpc) is 2.53. The van der Waals surface area contributed by atoms with Crippen molar-refractivity contribution < 1.29 is 9.53 Å². The minimum Gasteiger partial charge on any atom is -0.496 e. The Morgan fingerprint density at radius 2 is 1.86 bits per heavy atom. The van der Waals surface area contributed by atoms with E-state index in [0.29, 0.717) is 12.1 Å². The second-order valence-electron chi connectivity index (χ2n) is 5.10. The number of carbonyl (C=O) groups excluding carboxylic acids is 1. The maximum atomic E-state index is 12.1. The summed E-state index contributed by atoms with van der Waals surface area (Å²) in [6.45, 7) is 4.66. The predicted octanol–water partition coefficient (Wildman–Crippen LogP) is 3.83. The van der Waals surface area contributed by atoms with Crippen LogP contribution in [-0.4, -0.2) is 25.3 Å². The van der Waals surface area contributed by atoms with Crippen molar-refractivity contribution in [2.45, 2.75) is 18.7 Å². The largest absolute Gasteiger partial charge is 0.496 e. The molecule has 0 atom stereocenters. The Bertz CT molecular complexity index is 638. The SMILES string of the molecule is COc1cc(C(=O)NCCSc2ccc(C)cc2)ccc1C. The van der Waals surface area contributed by atoms with Crippen molar-refractivity contribution >= 4 is 17.7 Å². The lowest BCUT2D eigenvalue weighted by atomic mass is 10.1. The van der Waals surface area contributed by atoms with Gasteiger partial charge in [0.1, 0.15) is 5.75 Å². The maximum absolute atomic E-state index is 12.1. The molecule has 0 radical (unpaired) electrons. The third-order valence-corrected chi connectivity index (χ3v) is 4.36. The van der Waals surface area contributed by atoms with Gasteiger partial charge in [-0.2, -0.15) is 0 Å². The van der Waals surface area contributed by atoms with Gasteiger partial charge in [0.2, 0.25) is 0 Å². The number of rotatable bonds is 6. The summed E-state index contributed by atoms with van der Waals surface area (Å²) >= 11 is 1.74. The third-order valence-electron chi connectivity index (χ3n) is 3.35. The zero-order valence-electron chi connectivity index (χ0n) is 13.2. The molecule has 0 aliphatic rings. The number of benzene rings is 2. The molecule has 116 valence electrons. The van der Waals surface area contributed by atoms with Gasteiger partial charge in [0.25, 0.3) is 5.91 Å². The zero-order valence-corrected chi connectivity index (χ0v) is 14.0. The molecule has 1 N–H and O–H groups in total. The molecule has 0 unspecified atom stereocenters. The molecule has 1 amide bonds. The highest BCUT2D eigenvalue weighted by Crippen LogP contribution is 2.19. The Morgan fingerprint density at radius 1 is 1.14 bits per heavy atom. The van der Waals surface area contributed by atoms with Gasteiger partial charge in [0.15, 0.2) is 0 Å². The summed E-state index contributed by atoms with van der Waals surface area (Å²) in [5.74, 6) is 1.52. The molecular formula is C18H21NO2S. The van der Waals surface area contributed by atoms with Crippen molar-refractivity contribution in [1.82, 2.24) is 5.32 Å². The summed E-state index contributed by atoms with van der Waals surface area (Å²) in [6, 6.07) is 13.9. The molecule has 0 bridgehead atoms. The molecule has 2 aromatic rings. The van der Waals surface area contributed by atoms with Gasteiger partial charge in [-0.1, -0.05) is 23.8 Å². The fraction of sp³-hybridized carbons (Fsp3) is 0.278. The molecule has 22 heavy (non-hydrogen) atoms. The molecule has 0 aromatic heterocycles. The van der Waals surface area contributed by atoms with Crippen LogP contribution in [0.3, 0.4) is 0 Å². The van der Waals surface area contributed by atoms with Crippen molar-refractivity contribution in [3.8, 4) is 5.75 Å². The van der Waals surface area contributed by atoms with Gasteiger partial charge >= 0.3 is 0 Å². The van der Waals surface area contributed by atoms with E-state index in [1.165, 1.54) is 10.5 Å². The normalized spacial score (nSPS) is 10.3. The fourth-order valence-corrected chi connectivity index (χ4v) is 2.80. The smallest absolute Gasteiger partial charge is 0.251 e. The molecule has 0 aliphatic heterocycles. The Labute approximate surface area is 136 Å². The van der Waals surface area contributed by atoms with Crippen molar-refractivity contribution in [2.24, 2.45) is 0 Å². The second kappa shape index (κ2) is 7.90. The van der Waals surface area contributed by atoms with Crippen LogP contribution in [0.1, 0.15) is 21.5 Å². The summed E-state index contributed by atoms with van der Waals surface area (Å²) in [6.07, 6.45) is 0. The van der Waals surface area contributed by atoms with E-state index >= 15 is 0 Å². The second-order valence-corrected chi connectivity index (χ2v) is 6.27. The van der Waals surface area contributed by atoms with Gasteiger partial charge in [-0.15, -0.1) is 11.8 Å². The number of hydrogen-bond acceptors (Lipinski definition) is 3. The van der Waals surface area contributed by atoms with Crippen LogP contribution in [0.4, 0.5) is 0 Å². The fourth-order valence-electron chi connectivity index (χ4n) is 2.03. The minimum atomic E-state index is -0.0668. The number of thioether (sulfide) groups is 1. The van der Waals surface area contributed by atoms with Crippen LogP contribution in [0.15, 0.2) is 47.4 Å². The summed E-state index contributed by atoms with van der Waals surface area (Å²) in [5, 5.41) is 2.94. The minimum absolute atomic E-state index is 0.0668. The lowest BCUT2D eigenvalue weighted by molar-refractivity contribution is 0.0956. The molecule has 3 nitrogen and oxygen atoms in total. The van der Waals surface area contributed by atoms with Crippen LogP contribution in [0, 0.1) is 13.8 Å². The standard InChI is InChI=1S/C18H21NO2S/c1-13-4-8-16(9-5-13)22-11-10-19-18(20)15-7-6-14(2)17(12-15)21-3/h4-9,12H,10-11H2,1-3H3,(H,19,20). The Morgan fingerprint density at radius 3 is 2.55 bits per heavy atom. The van der Waals surface area contributed by atoms with Crippen molar-refractivity contribution in [3.63, 3.8) is 0 Å². The first-order valence-corrected chi connectivity index (χ1v) is 8.21. The Kier molecular flexibility index (Phi) is 5.90. The van der Waals surface area contributed by atoms with Gasteiger partial charge in [-0.3, -0.25) is 4.79 Å². The molecule has 2 rings (SSSR count). The van der Waals surface area contributed by atoms with Crippen LogP contribution in [0.25, 0.3) is 0 Å². The van der Waals surface area contributed by atoms with E-state index < -0.39 is 0 Å². The highest BCUT2D eigenvalue weighted by atomic mass is 32.2. The molecule has 0 saturated heterocycles. The average molecular weight is 315 g/mol. The van der Waals surface area contributed by atoms with Crippen LogP contribution in [-0.2, 0) is 0 Å². The van der Waals surface area contributed by atoms with E-state index in [9.17, 15) is 4.79 Å². The van der Waals surface area contributed by atoms with Gasteiger partial charge in [-0.05, 0) is 43.7 Å². The summed E-state index contributed by atoms with van der Waals surface area (Å²) in [4.78, 5) is 13.3. The Balaban J connectivity index is 1.81. The number of hydrogen-bond donors (Lipinski definition) is 1. The van der Waals surface area contributed by atoms with E-state index in [0.717, 1.165) is 17.1 Å². The molecule has 2 aromatic carbocycles. The van der Waals surface area contributed by atoms with Gasteiger partial charge in [0, 0.05) is 22.8 Å². The van der Waals surface area contributed by atoms with E-state index in [2.05, 4.69) is 36.5 Å². The predicted molar refractivity (Wildman–Crippen MR) is 92.0 cm³/mol. The van der Waals surface area contributed by atoms with E-state index in [-0.39, 0.29) is 5.91 Å². The van der Waals surface area contributed by atoms with Gasteiger partial charge in [-0.25, -0.2) is 0 Å². The summed E-state index contributed by atoms with van der Waals surface area (Å²) in [5.41, 5.74) is 2.91. The molecule has 4 heteroatoms. The van der Waals surface area contributed by atoms with Crippen molar-refractivity contribution in [2.75, 3.05) is 19.4 Å². The van der Waals surface area contributed by atoms with E-state index in [1.807, 2.05) is 19.1 Å². The molecular weight excluding hydrogens is 294 g/mol. The zero-order chi connectivity index (χ0) is 15.9. The number of methoxy groups -OCH3 is 1. The number of ether oxygens (including phenoxy) is 1. The Hall–Kier alpha value is -1.94. The topological polar surface area (TPSA) is 38.3 Å². The highest BCUT2D eigenvalue weighted by molar-refractivity contribution is 7.99. The van der Waals surface area contributed by atoms with E-state index in [1.54, 1.807) is 24.9 Å². The molecule has 0 spiro atoms. The van der Waals surface area contributed by atoms with Crippen LogP contribution >= 0.6 is 11.8 Å². The molecule has 0 aliphatic carbocycles. The molecule has 0 heterocycles. The summed E-state index contributed by atoms with van der Waals surface area (Å²) < 4.78 is 5.24. The monoisotopic (exact) mass is 315 g/mol.